The second-order valence-corrected chi connectivity index (χ2v) is 4.20. The Morgan fingerprint density at radius 1 is 1.82 bits per heavy atom. The minimum absolute atomic E-state index is 0.508. The summed E-state index contributed by atoms with van der Waals surface area (Å²) in [6.45, 7) is 3.34. The summed E-state index contributed by atoms with van der Waals surface area (Å²) in [6.07, 6.45) is 0. The molecule has 3 nitrogen and oxygen atoms in total. The van der Waals surface area contributed by atoms with Gasteiger partial charge in [-0.1, -0.05) is 23.4 Å². The first-order chi connectivity index (χ1) is 5.33. The molecule has 3 N–H and O–H groups in total. The van der Waals surface area contributed by atoms with E-state index in [4.69, 9.17) is 17.3 Å². The highest BCUT2D eigenvalue weighted by atomic mass is 35.5. The van der Waals surface area contributed by atoms with Crippen molar-refractivity contribution < 1.29 is 0 Å². The van der Waals surface area contributed by atoms with Crippen LogP contribution in [0, 0.1) is 0 Å². The Bertz CT molecular complexity index is 151. The van der Waals surface area contributed by atoms with Crippen molar-refractivity contribution in [2.75, 3.05) is 26.2 Å². The molecule has 0 saturated heterocycles. The van der Waals surface area contributed by atoms with Crippen LogP contribution in [0.25, 0.3) is 0 Å². The Kier molecular flexibility index (Phi) is 4.22. The highest BCUT2D eigenvalue weighted by Crippen LogP contribution is 2.22. The number of aliphatic imine (C=N–C) groups is 1. The summed E-state index contributed by atoms with van der Waals surface area (Å²) in [5.74, 6) is 0. The van der Waals surface area contributed by atoms with Crippen molar-refractivity contribution in [3.05, 3.63) is 0 Å². The highest BCUT2D eigenvalue weighted by molar-refractivity contribution is 8.17. The number of nitrogens with one attached hydrogen (secondary N) is 1. The summed E-state index contributed by atoms with van der Waals surface area (Å²) in [5.41, 5.74) is 5.32. The standard InChI is InChI=1S/C6H12ClN3S/c7-6-10-4-5(11-6)3-9-2-1-8/h5,9H,1-4,8H2. The molecule has 1 aliphatic heterocycles. The molecule has 5 heteroatoms. The third-order valence-corrected chi connectivity index (χ3v) is 2.74. The number of thioether (sulfide) groups is 1. The molecule has 1 aliphatic rings. The van der Waals surface area contributed by atoms with Crippen molar-refractivity contribution >= 4 is 27.9 Å². The van der Waals surface area contributed by atoms with Crippen LogP contribution in [0.15, 0.2) is 4.99 Å². The number of halogens is 1. The van der Waals surface area contributed by atoms with E-state index in [-0.39, 0.29) is 0 Å². The first kappa shape index (κ1) is 9.32. The van der Waals surface area contributed by atoms with Gasteiger partial charge in [-0.15, -0.1) is 0 Å². The van der Waals surface area contributed by atoms with Crippen molar-refractivity contribution in [1.82, 2.24) is 5.32 Å². The van der Waals surface area contributed by atoms with Gasteiger partial charge in [0.2, 0.25) is 0 Å². The summed E-state index contributed by atoms with van der Waals surface area (Å²) in [7, 11) is 0. The Labute approximate surface area is 75.8 Å². The van der Waals surface area contributed by atoms with Crippen LogP contribution in [0.1, 0.15) is 0 Å². The van der Waals surface area contributed by atoms with Crippen molar-refractivity contribution in [2.24, 2.45) is 10.7 Å². The zero-order valence-electron chi connectivity index (χ0n) is 6.22. The molecule has 1 rings (SSSR count). The van der Waals surface area contributed by atoms with Crippen LogP contribution in [0.4, 0.5) is 0 Å². The lowest BCUT2D eigenvalue weighted by Gasteiger charge is -2.07. The summed E-state index contributed by atoms with van der Waals surface area (Å²) < 4.78 is 0.685. The predicted molar refractivity (Wildman–Crippen MR) is 51.5 cm³/mol. The molecular weight excluding hydrogens is 182 g/mol. The fourth-order valence-corrected chi connectivity index (χ4v) is 2.08. The average molecular weight is 194 g/mol. The summed E-state index contributed by atoms with van der Waals surface area (Å²) in [6, 6.07) is 0. The van der Waals surface area contributed by atoms with Gasteiger partial charge in [0.1, 0.15) is 0 Å². The zero-order valence-corrected chi connectivity index (χ0v) is 7.79. The SMILES string of the molecule is NCCNCC1CN=C(Cl)S1. The number of hydrogen-bond acceptors (Lipinski definition) is 4. The molecule has 11 heavy (non-hydrogen) atoms. The van der Waals surface area contributed by atoms with Crippen molar-refractivity contribution in [2.45, 2.75) is 5.25 Å². The van der Waals surface area contributed by atoms with Gasteiger partial charge in [-0.2, -0.15) is 0 Å². The van der Waals surface area contributed by atoms with Crippen LogP contribution in [-0.4, -0.2) is 35.9 Å². The topological polar surface area (TPSA) is 50.4 Å². The third-order valence-electron chi connectivity index (χ3n) is 1.38. The summed E-state index contributed by atoms with van der Waals surface area (Å²) in [5, 5.41) is 3.73. The first-order valence-electron chi connectivity index (χ1n) is 3.60. The van der Waals surface area contributed by atoms with Gasteiger partial charge >= 0.3 is 0 Å². The molecular formula is C6H12ClN3S. The first-order valence-corrected chi connectivity index (χ1v) is 4.86. The molecule has 64 valence electrons. The Morgan fingerprint density at radius 3 is 3.18 bits per heavy atom. The lowest BCUT2D eigenvalue weighted by molar-refractivity contribution is 0.673. The van der Waals surface area contributed by atoms with Gasteiger partial charge in [-0.25, -0.2) is 0 Å². The van der Waals surface area contributed by atoms with E-state index >= 15 is 0 Å². The Balaban J connectivity index is 2.02. The quantitative estimate of drug-likeness (QED) is 0.630. The largest absolute Gasteiger partial charge is 0.329 e. The van der Waals surface area contributed by atoms with Crippen LogP contribution in [0.2, 0.25) is 0 Å². The van der Waals surface area contributed by atoms with Crippen LogP contribution in [-0.2, 0) is 0 Å². The summed E-state index contributed by atoms with van der Waals surface area (Å²) >= 11 is 7.31. The normalized spacial score (nSPS) is 23.8. The second-order valence-electron chi connectivity index (χ2n) is 2.33. The van der Waals surface area contributed by atoms with Gasteiger partial charge < -0.3 is 11.1 Å². The number of nitrogens with two attached hydrogens (primary N) is 1. The lowest BCUT2D eigenvalue weighted by atomic mass is 10.4. The van der Waals surface area contributed by atoms with Crippen LogP contribution in [0.3, 0.4) is 0 Å². The molecule has 0 saturated carbocycles. The minimum atomic E-state index is 0.508. The number of rotatable bonds is 4. The highest BCUT2D eigenvalue weighted by Gasteiger charge is 2.16. The van der Waals surface area contributed by atoms with E-state index in [9.17, 15) is 0 Å². The molecule has 0 amide bonds. The van der Waals surface area contributed by atoms with Gasteiger partial charge in [0.25, 0.3) is 0 Å². The molecule has 1 unspecified atom stereocenters. The van der Waals surface area contributed by atoms with Gasteiger partial charge in [0.05, 0.1) is 6.54 Å². The molecule has 0 aliphatic carbocycles. The monoisotopic (exact) mass is 193 g/mol. The van der Waals surface area contributed by atoms with Gasteiger partial charge in [-0.3, -0.25) is 4.99 Å². The van der Waals surface area contributed by atoms with Crippen molar-refractivity contribution in [3.63, 3.8) is 0 Å². The minimum Gasteiger partial charge on any atom is -0.329 e. The van der Waals surface area contributed by atoms with E-state index in [1.165, 1.54) is 0 Å². The maximum atomic E-state index is 5.68. The van der Waals surface area contributed by atoms with Gasteiger partial charge in [0.15, 0.2) is 4.50 Å². The molecule has 0 aromatic heterocycles. The van der Waals surface area contributed by atoms with E-state index in [1.807, 2.05) is 0 Å². The molecule has 0 spiro atoms. The average Bonchev–Trinajstić information content (AvgIpc) is 2.37. The van der Waals surface area contributed by atoms with E-state index in [0.29, 0.717) is 16.3 Å². The molecule has 1 atom stereocenters. The van der Waals surface area contributed by atoms with Crippen LogP contribution < -0.4 is 11.1 Å². The Morgan fingerprint density at radius 2 is 2.64 bits per heavy atom. The Hall–Kier alpha value is 0.230. The summed E-state index contributed by atoms with van der Waals surface area (Å²) in [4.78, 5) is 4.07. The fourth-order valence-electron chi connectivity index (χ4n) is 0.857. The molecule has 0 radical (unpaired) electrons. The molecule has 0 aromatic carbocycles. The third kappa shape index (κ3) is 3.42. The van der Waals surface area contributed by atoms with Gasteiger partial charge in [0, 0.05) is 24.9 Å². The maximum Gasteiger partial charge on any atom is 0.158 e. The van der Waals surface area contributed by atoms with Crippen LogP contribution in [0.5, 0.6) is 0 Å². The van der Waals surface area contributed by atoms with E-state index in [2.05, 4.69) is 10.3 Å². The predicted octanol–water partition coefficient (Wildman–Crippen LogP) is 0.245. The smallest absolute Gasteiger partial charge is 0.158 e. The van der Waals surface area contributed by atoms with Crippen molar-refractivity contribution in [3.8, 4) is 0 Å². The second kappa shape index (κ2) is 4.98. The molecule has 0 fully saturated rings. The zero-order chi connectivity index (χ0) is 8.10. The number of hydrogen-bond donors (Lipinski definition) is 2. The lowest BCUT2D eigenvalue weighted by Crippen LogP contribution is -2.29. The van der Waals surface area contributed by atoms with Crippen molar-refractivity contribution in [1.29, 1.82) is 0 Å². The van der Waals surface area contributed by atoms with E-state index in [1.54, 1.807) is 11.8 Å². The molecule has 0 bridgehead atoms. The molecule has 1 heterocycles. The van der Waals surface area contributed by atoms with E-state index < -0.39 is 0 Å². The number of nitrogens with zero attached hydrogens (tertiary/aromatic N) is 1. The van der Waals surface area contributed by atoms with E-state index in [0.717, 1.165) is 19.6 Å². The maximum absolute atomic E-state index is 5.68. The molecule has 0 aromatic rings. The fraction of sp³-hybridized carbons (Fsp3) is 0.833. The van der Waals surface area contributed by atoms with Crippen LogP contribution >= 0.6 is 23.4 Å². The van der Waals surface area contributed by atoms with Gasteiger partial charge in [-0.05, 0) is 0 Å².